The molecule has 1 aromatic heterocycles. The first-order valence-corrected chi connectivity index (χ1v) is 24.1. The summed E-state index contributed by atoms with van der Waals surface area (Å²) in [4.78, 5) is 76.3. The third-order valence-corrected chi connectivity index (χ3v) is 14.2. The highest BCUT2D eigenvalue weighted by Crippen LogP contribution is 2.66. The SMILES string of the molecule is O=C1OC(c2ccccc2)C(c2ccccc2)N2C1C(C(=O)NCC(O)c1ccccc1)C1(C(=O)N(C(=O)OCc3ccc([N+](=O)[O-])cc3)c3ccc(C#CCn4nnc5ccccc54)cc31)C2c1ccc(O)cc1. The maximum Gasteiger partial charge on any atom is 0.421 e. The minimum atomic E-state index is -2.21. The molecule has 7 unspecified atom stereocenters. The standard InChI is InChI=1S/C58H45N7O10/c66-43-29-25-41(26-30-43)53-58(49(54(68)59-34-48(67)38-14-4-1-5-15-38)51-55(69)75-52(40-18-8-3-9-19-40)50(64(51)53)39-16-6-2-7-17-39)44-33-36(13-12-32-62-47-21-11-10-20-45(47)60-61-62)24-31-46(44)63(56(58)70)57(71)74-35-37-22-27-42(28-23-37)65(72)73/h1-11,14-31,33,48-53,66-67H,32,34-35H2,(H,59,68). The van der Waals surface area contributed by atoms with Gasteiger partial charge in [0.05, 0.1) is 40.2 Å². The summed E-state index contributed by atoms with van der Waals surface area (Å²) in [6.45, 7) is -0.614. The van der Waals surface area contributed by atoms with Crippen LogP contribution >= 0.6 is 0 Å². The molecule has 7 atom stereocenters. The molecule has 11 rings (SSSR count). The summed E-state index contributed by atoms with van der Waals surface area (Å²) < 4.78 is 14.1. The molecular formula is C58H45N7O10. The Morgan fingerprint density at radius 1 is 0.800 bits per heavy atom. The van der Waals surface area contributed by atoms with Crippen LogP contribution < -0.4 is 10.2 Å². The second-order valence-corrected chi connectivity index (χ2v) is 18.4. The number of aromatic hydroxyl groups is 1. The Bertz CT molecular complexity index is 3550. The summed E-state index contributed by atoms with van der Waals surface area (Å²) >= 11 is 0. The second kappa shape index (κ2) is 19.8. The van der Waals surface area contributed by atoms with Crippen LogP contribution in [0.25, 0.3) is 11.0 Å². The lowest BCUT2D eigenvalue weighted by Crippen LogP contribution is -2.56. The highest BCUT2D eigenvalue weighted by Gasteiger charge is 2.75. The Labute approximate surface area is 428 Å². The molecular weight excluding hydrogens is 955 g/mol. The molecule has 0 bridgehead atoms. The van der Waals surface area contributed by atoms with Gasteiger partial charge < -0.3 is 25.0 Å². The molecule has 0 radical (unpaired) electrons. The molecule has 7 aromatic carbocycles. The number of cyclic esters (lactones) is 1. The Balaban J connectivity index is 1.13. The maximum atomic E-state index is 16.6. The van der Waals surface area contributed by atoms with Crippen LogP contribution in [0.1, 0.15) is 63.2 Å². The number of ether oxygens (including phenoxy) is 2. The van der Waals surface area contributed by atoms with Crippen LogP contribution in [0, 0.1) is 27.9 Å². The molecule has 0 saturated carbocycles. The van der Waals surface area contributed by atoms with Crippen molar-refractivity contribution in [2.75, 3.05) is 11.4 Å². The number of hydrogen-bond acceptors (Lipinski definition) is 13. The molecule has 3 amide bonds. The molecule has 75 heavy (non-hydrogen) atoms. The van der Waals surface area contributed by atoms with Crippen molar-refractivity contribution in [3.05, 3.63) is 231 Å². The number of aromatic nitrogens is 3. The molecule has 8 aromatic rings. The van der Waals surface area contributed by atoms with Crippen LogP contribution in [0.15, 0.2) is 182 Å². The van der Waals surface area contributed by atoms with Gasteiger partial charge in [-0.15, -0.1) is 5.10 Å². The predicted octanol–water partition coefficient (Wildman–Crippen LogP) is 7.95. The molecule has 17 heteroatoms. The van der Waals surface area contributed by atoms with Crippen LogP contribution in [0.5, 0.6) is 5.75 Å². The second-order valence-electron chi connectivity index (χ2n) is 18.4. The number of aliphatic hydroxyl groups is 1. The quantitative estimate of drug-likeness (QED) is 0.0486. The zero-order valence-electron chi connectivity index (χ0n) is 39.7. The number of morpholine rings is 1. The number of aliphatic hydroxyl groups excluding tert-OH is 1. The van der Waals surface area contributed by atoms with Crippen LogP contribution in [-0.4, -0.2) is 71.5 Å². The van der Waals surface area contributed by atoms with Gasteiger partial charge in [0.1, 0.15) is 42.0 Å². The summed E-state index contributed by atoms with van der Waals surface area (Å²) in [5.41, 5.74) is 2.21. The molecule has 0 aliphatic carbocycles. The fraction of sp³-hybridized carbons (Fsp3) is 0.172. The lowest BCUT2D eigenvalue weighted by atomic mass is 9.65. The lowest BCUT2D eigenvalue weighted by molar-refractivity contribution is -0.384. The summed E-state index contributed by atoms with van der Waals surface area (Å²) in [6.07, 6.45) is -3.35. The van der Waals surface area contributed by atoms with E-state index < -0.39 is 77.1 Å². The molecule has 372 valence electrons. The Morgan fingerprint density at radius 2 is 1.47 bits per heavy atom. The number of carbonyl (C=O) groups is 4. The number of imide groups is 1. The van der Waals surface area contributed by atoms with E-state index in [1.807, 2.05) is 89.8 Å². The van der Waals surface area contributed by atoms with Crippen molar-refractivity contribution in [2.24, 2.45) is 5.92 Å². The van der Waals surface area contributed by atoms with E-state index in [9.17, 15) is 25.1 Å². The number of carbonyl (C=O) groups excluding carboxylic acids is 4. The Hall–Kier alpha value is -9.50. The van der Waals surface area contributed by atoms with E-state index in [2.05, 4.69) is 27.5 Å². The van der Waals surface area contributed by atoms with Gasteiger partial charge >= 0.3 is 12.1 Å². The number of anilines is 1. The fourth-order valence-electron chi connectivity index (χ4n) is 10.9. The number of benzene rings is 7. The molecule has 3 N–H and O–H groups in total. The summed E-state index contributed by atoms with van der Waals surface area (Å²) in [7, 11) is 0. The first-order valence-electron chi connectivity index (χ1n) is 24.1. The van der Waals surface area contributed by atoms with Crippen molar-refractivity contribution >= 4 is 46.3 Å². The molecule has 2 fully saturated rings. The van der Waals surface area contributed by atoms with Crippen LogP contribution in [0.2, 0.25) is 0 Å². The number of esters is 1. The number of rotatable bonds is 11. The van der Waals surface area contributed by atoms with Gasteiger partial charge in [-0.1, -0.05) is 132 Å². The zero-order valence-corrected chi connectivity index (χ0v) is 39.7. The largest absolute Gasteiger partial charge is 0.508 e. The van der Waals surface area contributed by atoms with Crippen molar-refractivity contribution in [2.45, 2.75) is 48.9 Å². The molecule has 3 aliphatic heterocycles. The molecule has 4 heterocycles. The average molecular weight is 1000 g/mol. The summed E-state index contributed by atoms with van der Waals surface area (Å²) in [5.74, 6) is 2.01. The van der Waals surface area contributed by atoms with E-state index in [1.165, 1.54) is 36.4 Å². The maximum absolute atomic E-state index is 16.6. The molecule has 17 nitrogen and oxygen atoms in total. The van der Waals surface area contributed by atoms with Gasteiger partial charge in [-0.2, -0.15) is 0 Å². The van der Waals surface area contributed by atoms with Crippen molar-refractivity contribution in [1.82, 2.24) is 25.2 Å². The van der Waals surface area contributed by atoms with E-state index in [4.69, 9.17) is 9.47 Å². The van der Waals surface area contributed by atoms with Gasteiger partial charge in [0.15, 0.2) is 0 Å². The van der Waals surface area contributed by atoms with E-state index in [0.717, 1.165) is 10.4 Å². The van der Waals surface area contributed by atoms with Crippen LogP contribution in [0.4, 0.5) is 16.2 Å². The van der Waals surface area contributed by atoms with Gasteiger partial charge in [-0.3, -0.25) is 29.4 Å². The number of amides is 3. The number of nitro groups is 1. The average Bonchev–Trinajstić information content (AvgIpc) is 4.19. The number of fused-ring (bicyclic) bond motifs is 4. The predicted molar refractivity (Wildman–Crippen MR) is 272 cm³/mol. The van der Waals surface area contributed by atoms with E-state index in [1.54, 1.807) is 65.3 Å². The fourth-order valence-corrected chi connectivity index (χ4v) is 10.9. The number of hydrogen-bond donors (Lipinski definition) is 3. The van der Waals surface area contributed by atoms with E-state index in [-0.39, 0.29) is 35.8 Å². The number of para-hydroxylation sites is 1. The molecule has 2 saturated heterocycles. The highest BCUT2D eigenvalue weighted by molar-refractivity contribution is 6.23. The van der Waals surface area contributed by atoms with E-state index >= 15 is 14.4 Å². The number of phenolic OH excluding ortho intramolecular Hbond substituents is 1. The third kappa shape index (κ3) is 8.57. The highest BCUT2D eigenvalue weighted by atomic mass is 16.6. The topological polar surface area (TPSA) is 220 Å². The van der Waals surface area contributed by atoms with Gasteiger partial charge in [-0.05, 0) is 88.0 Å². The number of phenols is 1. The van der Waals surface area contributed by atoms with Gasteiger partial charge in [0.2, 0.25) is 11.8 Å². The third-order valence-electron chi connectivity index (χ3n) is 14.2. The monoisotopic (exact) mass is 999 g/mol. The van der Waals surface area contributed by atoms with Gasteiger partial charge in [-0.25, -0.2) is 14.4 Å². The summed E-state index contributed by atoms with van der Waals surface area (Å²) in [5, 5.41) is 45.2. The van der Waals surface area contributed by atoms with Crippen LogP contribution in [-0.2, 0) is 42.4 Å². The summed E-state index contributed by atoms with van der Waals surface area (Å²) in [6, 6.07) is 47.1. The first kappa shape index (κ1) is 47.8. The number of nitrogens with one attached hydrogen (secondary N) is 1. The number of nitro benzene ring substituents is 1. The van der Waals surface area contributed by atoms with Crippen molar-refractivity contribution in [3.8, 4) is 17.6 Å². The number of non-ortho nitro benzene ring substituents is 1. The molecule has 3 aliphatic rings. The zero-order chi connectivity index (χ0) is 51.8. The Morgan fingerprint density at radius 3 is 2.17 bits per heavy atom. The van der Waals surface area contributed by atoms with Gasteiger partial charge in [0, 0.05) is 24.2 Å². The lowest BCUT2D eigenvalue weighted by Gasteiger charge is -2.46. The van der Waals surface area contributed by atoms with Crippen molar-refractivity contribution < 1.29 is 43.8 Å². The van der Waals surface area contributed by atoms with Gasteiger partial charge in [0.25, 0.3) is 5.69 Å². The normalized spacial score (nSPS) is 21.1. The smallest absolute Gasteiger partial charge is 0.421 e. The van der Waals surface area contributed by atoms with Crippen LogP contribution in [0.3, 0.4) is 0 Å². The number of nitrogens with zero attached hydrogens (tertiary/aromatic N) is 6. The van der Waals surface area contributed by atoms with Crippen molar-refractivity contribution in [1.29, 1.82) is 0 Å². The molecule has 1 spiro atoms. The Kier molecular flexibility index (Phi) is 12.6. The first-order chi connectivity index (χ1) is 36.5. The minimum Gasteiger partial charge on any atom is -0.508 e. The minimum absolute atomic E-state index is 0.0384. The van der Waals surface area contributed by atoms with Crippen molar-refractivity contribution in [3.63, 3.8) is 0 Å². The van der Waals surface area contributed by atoms with E-state index in [0.29, 0.717) is 38.9 Å².